The van der Waals surface area contributed by atoms with Crippen LogP contribution in [-0.4, -0.2) is 70.0 Å². The number of carbonyl (C=O) groups excluding carboxylic acids is 1. The van der Waals surface area contributed by atoms with Gasteiger partial charge in [0, 0.05) is 38.3 Å². The summed E-state index contributed by atoms with van der Waals surface area (Å²) in [7, 11) is 0. The number of nitrogens with one attached hydrogen (secondary N) is 3. The molecular weight excluding hydrogens is 424 g/mol. The first-order valence-corrected chi connectivity index (χ1v) is 9.75. The average Bonchev–Trinajstić information content (AvgIpc) is 2.78. The van der Waals surface area contributed by atoms with E-state index in [9.17, 15) is 25.0 Å². The summed E-state index contributed by atoms with van der Waals surface area (Å²) < 4.78 is 5.29. The van der Waals surface area contributed by atoms with E-state index in [1.54, 1.807) is 0 Å². The van der Waals surface area contributed by atoms with Gasteiger partial charge in [-0.05, 0) is 5.56 Å². The van der Waals surface area contributed by atoms with E-state index in [1.165, 1.54) is 24.3 Å². The van der Waals surface area contributed by atoms with Crippen molar-refractivity contribution in [3.63, 3.8) is 0 Å². The van der Waals surface area contributed by atoms with Gasteiger partial charge in [0.1, 0.15) is 6.33 Å². The quantitative estimate of drug-likeness (QED) is 0.346. The normalized spacial score (nSPS) is 13.9. The molecule has 1 aromatic heterocycles. The van der Waals surface area contributed by atoms with Gasteiger partial charge in [0.15, 0.2) is 0 Å². The number of carbonyl (C=O) groups is 1. The highest BCUT2D eigenvalue weighted by molar-refractivity contribution is 5.81. The lowest BCUT2D eigenvalue weighted by atomic mass is 10.1. The summed E-state index contributed by atoms with van der Waals surface area (Å²) >= 11 is 0. The number of hydrogen-bond donors (Lipinski definition) is 3. The van der Waals surface area contributed by atoms with Crippen molar-refractivity contribution >= 4 is 28.9 Å². The number of nitro groups is 2. The molecule has 14 nitrogen and oxygen atoms in total. The highest BCUT2D eigenvalue weighted by Crippen LogP contribution is 2.28. The van der Waals surface area contributed by atoms with E-state index in [-0.39, 0.29) is 23.7 Å². The summed E-state index contributed by atoms with van der Waals surface area (Å²) in [6, 6.07) is 5.50. The van der Waals surface area contributed by atoms with Crippen LogP contribution in [-0.2, 0) is 16.0 Å². The lowest BCUT2D eigenvalue weighted by Gasteiger charge is -2.26. The third-order valence-corrected chi connectivity index (χ3v) is 4.66. The van der Waals surface area contributed by atoms with E-state index in [0.29, 0.717) is 31.9 Å². The number of rotatable bonds is 10. The molecule has 32 heavy (non-hydrogen) atoms. The van der Waals surface area contributed by atoms with Crippen molar-refractivity contribution in [2.45, 2.75) is 6.42 Å². The molecule has 0 bridgehead atoms. The van der Waals surface area contributed by atoms with Crippen molar-refractivity contribution in [3.8, 4) is 0 Å². The van der Waals surface area contributed by atoms with Crippen molar-refractivity contribution in [1.82, 2.24) is 20.3 Å². The number of hydrogen-bond acceptors (Lipinski definition) is 11. The fourth-order valence-electron chi connectivity index (χ4n) is 3.02. The van der Waals surface area contributed by atoms with Crippen molar-refractivity contribution in [2.24, 2.45) is 0 Å². The second-order valence-electron chi connectivity index (χ2n) is 6.83. The number of hydrazine groups is 1. The molecule has 14 heteroatoms. The summed E-state index contributed by atoms with van der Waals surface area (Å²) in [6.07, 6.45) is 1.06. The fraction of sp³-hybridized carbons (Fsp3) is 0.389. The lowest BCUT2D eigenvalue weighted by molar-refractivity contribution is -0.384. The maximum Gasteiger partial charge on any atom is 0.354 e. The first-order valence-electron chi connectivity index (χ1n) is 9.75. The molecule has 3 rings (SSSR count). The third kappa shape index (κ3) is 6.29. The largest absolute Gasteiger partial charge is 0.379 e. The van der Waals surface area contributed by atoms with Crippen LogP contribution in [0.1, 0.15) is 5.56 Å². The number of anilines is 2. The van der Waals surface area contributed by atoms with Crippen LogP contribution in [0, 0.1) is 20.2 Å². The Morgan fingerprint density at radius 2 is 1.75 bits per heavy atom. The van der Waals surface area contributed by atoms with Gasteiger partial charge in [0.05, 0.1) is 29.5 Å². The summed E-state index contributed by atoms with van der Waals surface area (Å²) in [5.74, 6) is -0.644. The molecule has 2 aromatic rings. The minimum atomic E-state index is -0.637. The van der Waals surface area contributed by atoms with Gasteiger partial charge in [0.2, 0.25) is 17.5 Å². The summed E-state index contributed by atoms with van der Waals surface area (Å²) in [5, 5.41) is 25.2. The van der Waals surface area contributed by atoms with Crippen LogP contribution < -0.4 is 16.2 Å². The van der Waals surface area contributed by atoms with Gasteiger partial charge in [-0.1, -0.05) is 12.1 Å². The topological polar surface area (TPSA) is 178 Å². The molecule has 170 valence electrons. The smallest absolute Gasteiger partial charge is 0.354 e. The Morgan fingerprint density at radius 1 is 1.06 bits per heavy atom. The maximum atomic E-state index is 12.2. The minimum Gasteiger partial charge on any atom is -0.379 e. The third-order valence-electron chi connectivity index (χ3n) is 4.66. The molecular formula is C18H22N8O6. The van der Waals surface area contributed by atoms with Crippen molar-refractivity contribution < 1.29 is 19.4 Å². The van der Waals surface area contributed by atoms with Gasteiger partial charge < -0.3 is 10.1 Å². The molecule has 1 aliphatic rings. The Hall–Kier alpha value is -3.91. The standard InChI is InChI=1S/C18H22N8O6/c27-15(11-13-1-3-14(4-2-13)25(28)29)22-23-18-16(26(30)31)17(20-12-21-18)19-5-6-24-7-9-32-10-8-24/h1-4,12H,5-11H2,(H,22,27)(H2,19,20,21,23). The second kappa shape index (κ2) is 10.9. The number of nitrogens with zero attached hydrogens (tertiary/aromatic N) is 5. The molecule has 1 aliphatic heterocycles. The number of ether oxygens (including phenoxy) is 1. The molecule has 1 amide bonds. The van der Waals surface area contributed by atoms with Crippen molar-refractivity contribution in [1.29, 1.82) is 0 Å². The highest BCUT2D eigenvalue weighted by Gasteiger charge is 2.23. The van der Waals surface area contributed by atoms with Gasteiger partial charge in [-0.2, -0.15) is 0 Å². The number of morpholine rings is 1. The van der Waals surface area contributed by atoms with Crippen LogP contribution in [0.4, 0.5) is 23.0 Å². The number of non-ortho nitro benzene ring substituents is 1. The molecule has 1 saturated heterocycles. The predicted octanol–water partition coefficient (Wildman–Crippen LogP) is 0.723. The molecule has 0 spiro atoms. The van der Waals surface area contributed by atoms with Gasteiger partial charge in [0.25, 0.3) is 5.69 Å². The SMILES string of the molecule is O=C(Cc1ccc([N+](=O)[O-])cc1)NNc1ncnc(NCCN2CCOCC2)c1[N+](=O)[O-]. The number of nitro benzene ring substituents is 1. The van der Waals surface area contributed by atoms with E-state index in [0.717, 1.165) is 19.4 Å². The van der Waals surface area contributed by atoms with Crippen LogP contribution >= 0.6 is 0 Å². The molecule has 1 aromatic carbocycles. The zero-order chi connectivity index (χ0) is 22.9. The molecule has 2 heterocycles. The zero-order valence-electron chi connectivity index (χ0n) is 17.0. The monoisotopic (exact) mass is 446 g/mol. The van der Waals surface area contributed by atoms with Crippen molar-refractivity contribution in [3.05, 3.63) is 56.4 Å². The minimum absolute atomic E-state index is 0.0328. The Kier molecular flexibility index (Phi) is 7.77. The van der Waals surface area contributed by atoms with Crippen LogP contribution in [0.3, 0.4) is 0 Å². The molecule has 1 fully saturated rings. The van der Waals surface area contributed by atoms with Crippen LogP contribution in [0.25, 0.3) is 0 Å². The molecule has 0 atom stereocenters. The average molecular weight is 446 g/mol. The van der Waals surface area contributed by atoms with Gasteiger partial charge in [-0.15, -0.1) is 0 Å². The molecule has 0 saturated carbocycles. The van der Waals surface area contributed by atoms with Gasteiger partial charge >= 0.3 is 5.69 Å². The first-order chi connectivity index (χ1) is 15.4. The second-order valence-corrected chi connectivity index (χ2v) is 6.83. The van der Waals surface area contributed by atoms with Crippen LogP contribution in [0.5, 0.6) is 0 Å². The molecule has 0 radical (unpaired) electrons. The maximum absolute atomic E-state index is 12.2. The Labute approximate surface area is 182 Å². The molecule has 3 N–H and O–H groups in total. The Balaban J connectivity index is 1.57. The first kappa shape index (κ1) is 22.8. The number of benzene rings is 1. The van der Waals surface area contributed by atoms with E-state index < -0.39 is 21.4 Å². The molecule has 0 aliphatic carbocycles. The van der Waals surface area contributed by atoms with Crippen LogP contribution in [0.15, 0.2) is 30.6 Å². The Morgan fingerprint density at radius 3 is 2.41 bits per heavy atom. The van der Waals surface area contributed by atoms with Crippen LogP contribution in [0.2, 0.25) is 0 Å². The lowest BCUT2D eigenvalue weighted by Crippen LogP contribution is -2.39. The van der Waals surface area contributed by atoms with E-state index in [1.807, 2.05) is 0 Å². The van der Waals surface area contributed by atoms with E-state index >= 15 is 0 Å². The Bertz CT molecular complexity index is 964. The summed E-state index contributed by atoms with van der Waals surface area (Å²) in [5.41, 5.74) is 4.86. The van der Waals surface area contributed by atoms with E-state index in [4.69, 9.17) is 4.74 Å². The predicted molar refractivity (Wildman–Crippen MR) is 113 cm³/mol. The highest BCUT2D eigenvalue weighted by atomic mass is 16.6. The van der Waals surface area contributed by atoms with Gasteiger partial charge in [-0.25, -0.2) is 9.97 Å². The number of amides is 1. The molecule has 0 unspecified atom stereocenters. The summed E-state index contributed by atoms with van der Waals surface area (Å²) in [6.45, 7) is 3.99. The van der Waals surface area contributed by atoms with Gasteiger partial charge in [-0.3, -0.25) is 40.8 Å². The zero-order valence-corrected chi connectivity index (χ0v) is 17.0. The summed E-state index contributed by atoms with van der Waals surface area (Å²) in [4.78, 5) is 43.2. The number of aromatic nitrogens is 2. The van der Waals surface area contributed by atoms with E-state index in [2.05, 4.69) is 31.0 Å². The fourth-order valence-corrected chi connectivity index (χ4v) is 3.02. The van der Waals surface area contributed by atoms with Crippen molar-refractivity contribution in [2.75, 3.05) is 50.1 Å².